The monoisotopic (exact) mass is 711 g/mol. The number of Topliss-reactive ketones (excluding diaryl/α,β-unsaturated/α-hetero) is 3. The maximum absolute atomic E-state index is 12.6. The predicted molar refractivity (Wildman–Crippen MR) is 208 cm³/mol. The molecule has 0 saturated carbocycles. The molecule has 0 aliphatic carbocycles. The Morgan fingerprint density at radius 3 is 1.10 bits per heavy atom. The van der Waals surface area contributed by atoms with Crippen LogP contribution in [0.4, 0.5) is 0 Å². The van der Waals surface area contributed by atoms with Gasteiger partial charge in [0.2, 0.25) is 0 Å². The summed E-state index contributed by atoms with van der Waals surface area (Å²) in [5, 5.41) is 0. The van der Waals surface area contributed by atoms with E-state index in [1.165, 1.54) is 122 Å². The summed E-state index contributed by atoms with van der Waals surface area (Å²) < 4.78 is 23.0. The molecule has 0 bridgehead atoms. The van der Waals surface area contributed by atoms with Gasteiger partial charge < -0.3 is 18.9 Å². The molecule has 0 radical (unpaired) electrons. The van der Waals surface area contributed by atoms with Crippen LogP contribution in [0.25, 0.3) is 0 Å². The Hall–Kier alpha value is -1.15. The zero-order valence-corrected chi connectivity index (χ0v) is 33.6. The lowest BCUT2D eigenvalue weighted by Crippen LogP contribution is -2.30. The van der Waals surface area contributed by atoms with Crippen molar-refractivity contribution in [2.45, 2.75) is 219 Å². The lowest BCUT2D eigenvalue weighted by molar-refractivity contribution is -0.135. The van der Waals surface area contributed by atoms with Crippen LogP contribution in [0.2, 0.25) is 0 Å². The average molecular weight is 711 g/mol. The van der Waals surface area contributed by atoms with Gasteiger partial charge in [-0.05, 0) is 32.1 Å². The summed E-state index contributed by atoms with van der Waals surface area (Å²) >= 11 is 0. The zero-order valence-electron chi connectivity index (χ0n) is 33.6. The van der Waals surface area contributed by atoms with Crippen LogP contribution in [0.5, 0.6) is 0 Å². The molecule has 0 aromatic heterocycles. The smallest absolute Gasteiger partial charge is 0.158 e. The summed E-state index contributed by atoms with van der Waals surface area (Å²) in [7, 11) is 1.85. The molecule has 0 heterocycles. The number of hydrogen-bond donors (Lipinski definition) is 0. The molecule has 296 valence electrons. The summed E-state index contributed by atoms with van der Waals surface area (Å²) in [6, 6.07) is 0. The van der Waals surface area contributed by atoms with Crippen molar-refractivity contribution >= 4 is 17.3 Å². The van der Waals surface area contributed by atoms with Crippen molar-refractivity contribution in [3.05, 3.63) is 0 Å². The molecular weight excluding hydrogens is 628 g/mol. The highest BCUT2D eigenvalue weighted by atomic mass is 16.6. The molecule has 0 aromatic carbocycles. The summed E-state index contributed by atoms with van der Waals surface area (Å²) in [5.74, 6) is 0.269. The standard InChI is InChI=1S/C43H82O7/c1-5-8-11-14-17-21-25-30-40(45)35-49-38-43(37-48-34-39(44)29-24-20-12-9-6-2)50-36-41(46)31-26-22-18-15-16-19-23-28-33-42(47-4)32-27-13-10-7-3/h42-43H,5-38H2,1-4H3. The second kappa shape index (κ2) is 39.1. The average Bonchev–Trinajstić information content (AvgIpc) is 3.11. The molecule has 0 N–H and O–H groups in total. The molecule has 0 saturated heterocycles. The van der Waals surface area contributed by atoms with Gasteiger partial charge in [-0.1, -0.05) is 156 Å². The molecule has 0 aliphatic heterocycles. The summed E-state index contributed by atoms with van der Waals surface area (Å²) in [5.41, 5.74) is 0. The minimum absolute atomic E-state index is 0.00973. The first-order valence-electron chi connectivity index (χ1n) is 21.3. The maximum atomic E-state index is 12.6. The Kier molecular flexibility index (Phi) is 38.2. The number of rotatable bonds is 42. The lowest BCUT2D eigenvalue weighted by atomic mass is 10.0. The first kappa shape index (κ1) is 48.9. The van der Waals surface area contributed by atoms with Crippen molar-refractivity contribution in [1.29, 1.82) is 0 Å². The van der Waals surface area contributed by atoms with Gasteiger partial charge in [0.05, 0.1) is 19.3 Å². The molecular formula is C43H82O7. The van der Waals surface area contributed by atoms with E-state index < -0.39 is 6.10 Å². The van der Waals surface area contributed by atoms with Gasteiger partial charge in [-0.3, -0.25) is 14.4 Å². The van der Waals surface area contributed by atoms with E-state index in [1.54, 1.807) is 0 Å². The molecule has 0 aliphatic rings. The third-order valence-corrected chi connectivity index (χ3v) is 9.68. The maximum Gasteiger partial charge on any atom is 0.158 e. The number of hydrogen-bond acceptors (Lipinski definition) is 7. The number of unbranched alkanes of at least 4 members (excludes halogenated alkanes) is 20. The van der Waals surface area contributed by atoms with Crippen molar-refractivity contribution in [2.24, 2.45) is 0 Å². The summed E-state index contributed by atoms with van der Waals surface area (Å²) in [6.07, 6.45) is 32.3. The van der Waals surface area contributed by atoms with Crippen LogP contribution in [0, 0.1) is 0 Å². The first-order chi connectivity index (χ1) is 24.5. The van der Waals surface area contributed by atoms with Crippen LogP contribution >= 0.6 is 0 Å². The number of ether oxygens (including phenoxy) is 4. The van der Waals surface area contributed by atoms with Gasteiger partial charge in [-0.15, -0.1) is 0 Å². The van der Waals surface area contributed by atoms with Crippen molar-refractivity contribution in [3.63, 3.8) is 0 Å². The number of carbonyl (C=O) groups is 3. The molecule has 2 unspecified atom stereocenters. The van der Waals surface area contributed by atoms with Gasteiger partial charge in [0.25, 0.3) is 0 Å². The van der Waals surface area contributed by atoms with E-state index in [2.05, 4.69) is 20.8 Å². The Balaban J connectivity index is 4.24. The fraction of sp³-hybridized carbons (Fsp3) is 0.930. The molecule has 7 heteroatoms. The van der Waals surface area contributed by atoms with Gasteiger partial charge >= 0.3 is 0 Å². The first-order valence-corrected chi connectivity index (χ1v) is 21.3. The molecule has 0 fully saturated rings. The van der Waals surface area contributed by atoms with Crippen molar-refractivity contribution in [3.8, 4) is 0 Å². The zero-order chi connectivity index (χ0) is 36.8. The van der Waals surface area contributed by atoms with E-state index in [4.69, 9.17) is 18.9 Å². The molecule has 7 nitrogen and oxygen atoms in total. The molecule has 0 rings (SSSR count). The SMILES string of the molecule is CCCCCCCCCC(=O)COCC(COCC(=O)CCCCCCC)OCC(=O)CCCCCCCCCCC(CCCCCC)OC. The van der Waals surface area contributed by atoms with Crippen molar-refractivity contribution < 1.29 is 33.3 Å². The number of carbonyl (C=O) groups excluding carboxylic acids is 3. The number of methoxy groups -OCH3 is 1. The van der Waals surface area contributed by atoms with Gasteiger partial charge in [-0.2, -0.15) is 0 Å². The van der Waals surface area contributed by atoms with Crippen LogP contribution in [-0.4, -0.2) is 69.7 Å². The van der Waals surface area contributed by atoms with Gasteiger partial charge in [0.15, 0.2) is 17.3 Å². The summed E-state index contributed by atoms with van der Waals surface area (Å²) in [6.45, 7) is 7.10. The second-order valence-electron chi connectivity index (χ2n) is 14.7. The second-order valence-corrected chi connectivity index (χ2v) is 14.7. The number of ketones is 3. The van der Waals surface area contributed by atoms with Crippen LogP contribution in [0.3, 0.4) is 0 Å². The highest BCUT2D eigenvalue weighted by Crippen LogP contribution is 2.16. The minimum atomic E-state index is -0.483. The molecule has 0 aromatic rings. The Labute approximate surface area is 309 Å². The van der Waals surface area contributed by atoms with Gasteiger partial charge in [0, 0.05) is 26.4 Å². The van der Waals surface area contributed by atoms with E-state index in [1.807, 2.05) is 7.11 Å². The van der Waals surface area contributed by atoms with Gasteiger partial charge in [-0.25, -0.2) is 0 Å². The van der Waals surface area contributed by atoms with E-state index in [0.717, 1.165) is 44.9 Å². The van der Waals surface area contributed by atoms with Crippen molar-refractivity contribution in [1.82, 2.24) is 0 Å². The molecule has 0 amide bonds. The van der Waals surface area contributed by atoms with E-state index in [-0.39, 0.29) is 50.4 Å². The van der Waals surface area contributed by atoms with Crippen LogP contribution in [0.1, 0.15) is 207 Å². The van der Waals surface area contributed by atoms with Crippen LogP contribution in [0.15, 0.2) is 0 Å². The fourth-order valence-corrected chi connectivity index (χ4v) is 6.32. The van der Waals surface area contributed by atoms with Gasteiger partial charge in [0.1, 0.15) is 25.9 Å². The third kappa shape index (κ3) is 35.3. The Morgan fingerprint density at radius 1 is 0.400 bits per heavy atom. The topological polar surface area (TPSA) is 88.1 Å². The van der Waals surface area contributed by atoms with E-state index in [9.17, 15) is 14.4 Å². The summed E-state index contributed by atoms with van der Waals surface area (Å²) in [4.78, 5) is 37.2. The third-order valence-electron chi connectivity index (χ3n) is 9.68. The Bertz CT molecular complexity index is 756. The minimum Gasteiger partial charge on any atom is -0.381 e. The normalized spacial score (nSPS) is 12.7. The van der Waals surface area contributed by atoms with E-state index >= 15 is 0 Å². The largest absolute Gasteiger partial charge is 0.381 e. The molecule has 0 spiro atoms. The lowest BCUT2D eigenvalue weighted by Gasteiger charge is -2.18. The van der Waals surface area contributed by atoms with E-state index in [0.29, 0.717) is 25.4 Å². The highest BCUT2D eigenvalue weighted by Gasteiger charge is 2.15. The predicted octanol–water partition coefficient (Wildman–Crippen LogP) is 11.5. The van der Waals surface area contributed by atoms with Crippen LogP contribution in [-0.2, 0) is 33.3 Å². The molecule has 50 heavy (non-hydrogen) atoms. The fourth-order valence-electron chi connectivity index (χ4n) is 6.32. The van der Waals surface area contributed by atoms with Crippen molar-refractivity contribution in [2.75, 3.05) is 40.1 Å². The Morgan fingerprint density at radius 2 is 0.720 bits per heavy atom. The quantitative estimate of drug-likeness (QED) is 0.0583. The highest BCUT2D eigenvalue weighted by molar-refractivity contribution is 5.80. The molecule has 2 atom stereocenters. The van der Waals surface area contributed by atoms with Crippen LogP contribution < -0.4 is 0 Å².